The van der Waals surface area contributed by atoms with E-state index in [1.807, 2.05) is 6.07 Å². The lowest BCUT2D eigenvalue weighted by atomic mass is 10.3. The summed E-state index contributed by atoms with van der Waals surface area (Å²) < 4.78 is 0. The van der Waals surface area contributed by atoms with Gasteiger partial charge in [0, 0.05) is 12.1 Å². The highest BCUT2D eigenvalue weighted by Crippen LogP contribution is 2.03. The van der Waals surface area contributed by atoms with Crippen LogP contribution in [0, 0.1) is 0 Å². The first-order valence-electron chi connectivity index (χ1n) is 4.38. The van der Waals surface area contributed by atoms with E-state index in [-0.39, 0.29) is 5.91 Å². The fraction of sp³-hybridized carbons (Fsp3) is 0.200. The van der Waals surface area contributed by atoms with Crippen molar-refractivity contribution in [2.45, 2.75) is 13.3 Å². The summed E-state index contributed by atoms with van der Waals surface area (Å²) in [7, 11) is 0. The number of benzene rings is 1. The second-order valence-corrected chi connectivity index (χ2v) is 2.72. The largest absolute Gasteiger partial charge is 0.325 e. The molecule has 0 fully saturated rings. The molecule has 0 aromatic heterocycles. The molecule has 0 spiro atoms. The molecule has 0 aliphatic carbocycles. The molecule has 0 aliphatic rings. The lowest BCUT2D eigenvalue weighted by Crippen LogP contribution is -2.33. The first-order valence-corrected chi connectivity index (χ1v) is 4.38. The Morgan fingerprint density at radius 3 is 2.43 bits per heavy atom. The van der Waals surface area contributed by atoms with Gasteiger partial charge in [0.05, 0.1) is 0 Å². The van der Waals surface area contributed by atoms with Gasteiger partial charge in [0.2, 0.25) is 5.91 Å². The van der Waals surface area contributed by atoms with Crippen LogP contribution < -0.4 is 10.6 Å². The highest BCUT2D eigenvalue weighted by molar-refractivity contribution is 6.00. The lowest BCUT2D eigenvalue weighted by molar-refractivity contribution is -0.119. The number of carbonyl (C=O) groups excluding carboxylic acids is 2. The third-order valence-corrected chi connectivity index (χ3v) is 1.61. The molecule has 0 saturated heterocycles. The molecule has 4 heteroatoms. The first kappa shape index (κ1) is 10.2. The van der Waals surface area contributed by atoms with Gasteiger partial charge in [-0.25, -0.2) is 4.79 Å². The van der Waals surface area contributed by atoms with Gasteiger partial charge in [-0.05, 0) is 12.1 Å². The van der Waals surface area contributed by atoms with Crippen molar-refractivity contribution in [1.29, 1.82) is 0 Å². The van der Waals surface area contributed by atoms with Gasteiger partial charge in [0.1, 0.15) is 0 Å². The molecule has 1 aromatic carbocycles. The van der Waals surface area contributed by atoms with Crippen molar-refractivity contribution in [1.82, 2.24) is 5.32 Å². The molecule has 0 radical (unpaired) electrons. The predicted molar refractivity (Wildman–Crippen MR) is 53.9 cm³/mol. The summed E-state index contributed by atoms with van der Waals surface area (Å²) >= 11 is 0. The van der Waals surface area contributed by atoms with Crippen molar-refractivity contribution >= 4 is 17.6 Å². The van der Waals surface area contributed by atoms with E-state index in [2.05, 4.69) is 10.6 Å². The number of amides is 3. The van der Waals surface area contributed by atoms with E-state index < -0.39 is 6.03 Å². The van der Waals surface area contributed by atoms with E-state index in [1.54, 1.807) is 31.2 Å². The van der Waals surface area contributed by atoms with E-state index in [0.29, 0.717) is 12.1 Å². The molecule has 74 valence electrons. The maximum atomic E-state index is 11.1. The topological polar surface area (TPSA) is 58.2 Å². The van der Waals surface area contributed by atoms with Crippen LogP contribution in [-0.4, -0.2) is 11.9 Å². The number of urea groups is 1. The summed E-state index contributed by atoms with van der Waals surface area (Å²) in [5.41, 5.74) is 0.661. The number of carbonyl (C=O) groups is 2. The van der Waals surface area contributed by atoms with E-state index in [1.165, 1.54) is 0 Å². The van der Waals surface area contributed by atoms with Crippen molar-refractivity contribution in [2.24, 2.45) is 0 Å². The van der Waals surface area contributed by atoms with Gasteiger partial charge in [-0.2, -0.15) is 0 Å². The molecule has 1 aromatic rings. The molecular formula is C10H12N2O2. The third kappa shape index (κ3) is 3.26. The molecule has 0 bridgehead atoms. The van der Waals surface area contributed by atoms with Crippen LogP contribution in [0.2, 0.25) is 0 Å². The number of rotatable bonds is 2. The van der Waals surface area contributed by atoms with Crippen LogP contribution >= 0.6 is 0 Å². The summed E-state index contributed by atoms with van der Waals surface area (Å²) in [5.74, 6) is -0.293. The van der Waals surface area contributed by atoms with Crippen LogP contribution in [0.1, 0.15) is 13.3 Å². The van der Waals surface area contributed by atoms with Crippen molar-refractivity contribution in [3.05, 3.63) is 30.3 Å². The summed E-state index contributed by atoms with van der Waals surface area (Å²) in [5, 5.41) is 4.73. The molecule has 4 nitrogen and oxygen atoms in total. The molecule has 0 saturated carbocycles. The van der Waals surface area contributed by atoms with Crippen LogP contribution in [0.25, 0.3) is 0 Å². The molecule has 3 amide bonds. The van der Waals surface area contributed by atoms with Gasteiger partial charge in [-0.3, -0.25) is 10.1 Å². The molecule has 0 heterocycles. The Kier molecular flexibility index (Phi) is 3.67. The lowest BCUT2D eigenvalue weighted by Gasteiger charge is -2.04. The van der Waals surface area contributed by atoms with E-state index in [0.717, 1.165) is 0 Å². The molecule has 1 rings (SSSR count). The van der Waals surface area contributed by atoms with Crippen LogP contribution in [0.3, 0.4) is 0 Å². The van der Waals surface area contributed by atoms with Gasteiger partial charge >= 0.3 is 6.03 Å². The fourth-order valence-corrected chi connectivity index (χ4v) is 0.899. The average molecular weight is 192 g/mol. The summed E-state index contributed by atoms with van der Waals surface area (Å²) in [6.45, 7) is 1.69. The van der Waals surface area contributed by atoms with Crippen LogP contribution in [0.4, 0.5) is 10.5 Å². The zero-order chi connectivity index (χ0) is 10.4. The van der Waals surface area contributed by atoms with Gasteiger partial charge < -0.3 is 5.32 Å². The zero-order valence-electron chi connectivity index (χ0n) is 7.91. The van der Waals surface area contributed by atoms with Gasteiger partial charge in [0.25, 0.3) is 0 Å². The van der Waals surface area contributed by atoms with Crippen molar-refractivity contribution in [2.75, 3.05) is 5.32 Å². The number of hydrogen-bond donors (Lipinski definition) is 2. The first-order chi connectivity index (χ1) is 6.72. The summed E-state index contributed by atoms with van der Waals surface area (Å²) in [4.78, 5) is 22.0. The number of para-hydroxylation sites is 1. The van der Waals surface area contributed by atoms with Gasteiger partial charge in [-0.1, -0.05) is 25.1 Å². The second-order valence-electron chi connectivity index (χ2n) is 2.72. The number of hydrogen-bond acceptors (Lipinski definition) is 2. The highest BCUT2D eigenvalue weighted by atomic mass is 16.2. The fourth-order valence-electron chi connectivity index (χ4n) is 0.899. The smallest absolute Gasteiger partial charge is 0.308 e. The van der Waals surface area contributed by atoms with E-state index in [9.17, 15) is 9.59 Å². The highest BCUT2D eigenvalue weighted by Gasteiger charge is 2.04. The maximum absolute atomic E-state index is 11.1. The normalized spacial score (nSPS) is 9.21. The van der Waals surface area contributed by atoms with Crippen molar-refractivity contribution in [3.8, 4) is 0 Å². The maximum Gasteiger partial charge on any atom is 0.325 e. The minimum absolute atomic E-state index is 0.293. The molecule has 2 N–H and O–H groups in total. The molecule has 0 unspecified atom stereocenters. The Morgan fingerprint density at radius 1 is 1.21 bits per heavy atom. The Morgan fingerprint density at radius 2 is 1.86 bits per heavy atom. The second kappa shape index (κ2) is 5.01. The van der Waals surface area contributed by atoms with E-state index >= 15 is 0 Å². The predicted octanol–water partition coefficient (Wildman–Crippen LogP) is 1.74. The van der Waals surface area contributed by atoms with Crippen molar-refractivity contribution in [3.63, 3.8) is 0 Å². The Hall–Kier alpha value is -1.84. The minimum atomic E-state index is -0.497. The SMILES string of the molecule is CCC(=O)NC(=O)Nc1ccccc1. The molecule has 0 atom stereocenters. The minimum Gasteiger partial charge on any atom is -0.308 e. The Labute approximate surface area is 82.3 Å². The monoisotopic (exact) mass is 192 g/mol. The Balaban J connectivity index is 2.46. The van der Waals surface area contributed by atoms with Crippen LogP contribution in [0.5, 0.6) is 0 Å². The van der Waals surface area contributed by atoms with Gasteiger partial charge in [0.15, 0.2) is 0 Å². The molecule has 14 heavy (non-hydrogen) atoms. The number of anilines is 1. The Bertz CT molecular complexity index is 322. The van der Waals surface area contributed by atoms with Crippen molar-refractivity contribution < 1.29 is 9.59 Å². The number of nitrogens with one attached hydrogen (secondary N) is 2. The van der Waals surface area contributed by atoms with E-state index in [4.69, 9.17) is 0 Å². The molecule has 0 aliphatic heterocycles. The third-order valence-electron chi connectivity index (χ3n) is 1.61. The zero-order valence-corrected chi connectivity index (χ0v) is 7.91. The standard InChI is InChI=1S/C10H12N2O2/c1-2-9(13)12-10(14)11-8-6-4-3-5-7-8/h3-7H,2H2,1H3,(H2,11,12,13,14). The van der Waals surface area contributed by atoms with Crippen LogP contribution in [-0.2, 0) is 4.79 Å². The van der Waals surface area contributed by atoms with Gasteiger partial charge in [-0.15, -0.1) is 0 Å². The quantitative estimate of drug-likeness (QED) is 0.749. The van der Waals surface area contributed by atoms with Crippen LogP contribution in [0.15, 0.2) is 30.3 Å². The number of imide groups is 1. The summed E-state index contributed by atoms with van der Waals surface area (Å²) in [6.07, 6.45) is 0.294. The summed E-state index contributed by atoms with van der Waals surface area (Å²) in [6, 6.07) is 8.45. The average Bonchev–Trinajstić information content (AvgIpc) is 2.19. The molecular weight excluding hydrogens is 180 g/mol.